The lowest BCUT2D eigenvalue weighted by Crippen LogP contribution is -2.23. The number of nitrogens with one attached hydrogen (secondary N) is 1. The van der Waals surface area contributed by atoms with Crippen molar-refractivity contribution in [2.45, 2.75) is 38.4 Å². The highest BCUT2D eigenvalue weighted by Gasteiger charge is 2.25. The Kier molecular flexibility index (Phi) is 5.28. The number of hydrogen-bond donors (Lipinski definition) is 1. The van der Waals surface area contributed by atoms with Gasteiger partial charge in [-0.25, -0.2) is 4.39 Å². The first-order valence-corrected chi connectivity index (χ1v) is 8.36. The van der Waals surface area contributed by atoms with Gasteiger partial charge in [-0.2, -0.15) is 5.10 Å². The van der Waals surface area contributed by atoms with E-state index in [1.807, 2.05) is 12.3 Å². The van der Waals surface area contributed by atoms with Crippen LogP contribution in [0, 0.1) is 0 Å². The van der Waals surface area contributed by atoms with Crippen LogP contribution in [0.15, 0.2) is 36.5 Å². The number of rotatable bonds is 9. The molecule has 124 valence electrons. The molecule has 3 rings (SSSR count). The number of halogens is 1. The van der Waals surface area contributed by atoms with E-state index in [1.54, 1.807) is 4.68 Å². The van der Waals surface area contributed by atoms with E-state index in [1.165, 1.54) is 18.4 Å². The molecule has 0 aliphatic heterocycles. The van der Waals surface area contributed by atoms with Gasteiger partial charge in [0.15, 0.2) is 0 Å². The predicted octanol–water partition coefficient (Wildman–Crippen LogP) is 3.10. The van der Waals surface area contributed by atoms with E-state index < -0.39 is 0 Å². The molecule has 1 aromatic heterocycles. The summed E-state index contributed by atoms with van der Waals surface area (Å²) in [6.07, 6.45) is 5.61. The van der Waals surface area contributed by atoms with Crippen molar-refractivity contribution in [3.8, 4) is 0 Å². The lowest BCUT2D eigenvalue weighted by molar-refractivity contribution is 0.328. The summed E-state index contributed by atoms with van der Waals surface area (Å²) in [4.78, 5) is 2.46. The summed E-state index contributed by atoms with van der Waals surface area (Å²) in [5, 5.41) is 7.73. The monoisotopic (exact) mass is 316 g/mol. The molecule has 5 heteroatoms. The van der Waals surface area contributed by atoms with Gasteiger partial charge in [-0.15, -0.1) is 0 Å². The molecule has 1 N–H and O–H groups in total. The second kappa shape index (κ2) is 7.59. The normalized spacial score (nSPS) is 14.4. The fraction of sp³-hybridized carbons (Fsp3) is 0.500. The van der Waals surface area contributed by atoms with Crippen LogP contribution in [0.2, 0.25) is 0 Å². The van der Waals surface area contributed by atoms with Crippen molar-refractivity contribution in [2.24, 2.45) is 0 Å². The number of nitrogens with zero attached hydrogens (tertiary/aromatic N) is 3. The van der Waals surface area contributed by atoms with Gasteiger partial charge < -0.3 is 10.2 Å². The smallest absolute Gasteiger partial charge is 0.109 e. The Morgan fingerprint density at radius 1 is 1.35 bits per heavy atom. The van der Waals surface area contributed by atoms with Gasteiger partial charge in [-0.05, 0) is 50.1 Å². The molecule has 1 aliphatic rings. The maximum Gasteiger partial charge on any atom is 0.109 e. The first-order chi connectivity index (χ1) is 11.2. The van der Waals surface area contributed by atoms with Gasteiger partial charge in [0, 0.05) is 24.5 Å². The Bertz CT molecular complexity index is 621. The molecule has 2 aromatic rings. The molecule has 1 saturated carbocycles. The standard InChI is InChI=1S/C18H25FN4/c1-22(18-5-6-18)10-7-15-3-2-4-16(13-15)20-14-17-8-11-23(21-17)12-9-19/h2-4,8,11,13,18,20H,5-7,9-10,12,14H2,1H3. The molecule has 1 aromatic carbocycles. The van der Waals surface area contributed by atoms with Crippen LogP contribution in [0.1, 0.15) is 24.1 Å². The Morgan fingerprint density at radius 2 is 2.22 bits per heavy atom. The van der Waals surface area contributed by atoms with Crippen LogP contribution < -0.4 is 5.32 Å². The summed E-state index contributed by atoms with van der Waals surface area (Å²) in [5.41, 5.74) is 3.39. The van der Waals surface area contributed by atoms with Gasteiger partial charge in [0.25, 0.3) is 0 Å². The first kappa shape index (κ1) is 16.0. The molecule has 0 radical (unpaired) electrons. The molecule has 0 atom stereocenters. The van der Waals surface area contributed by atoms with E-state index in [2.05, 4.69) is 46.6 Å². The number of likely N-dealkylation sites (N-methyl/N-ethyl adjacent to an activating group) is 1. The van der Waals surface area contributed by atoms with Gasteiger partial charge in [0.2, 0.25) is 0 Å². The van der Waals surface area contributed by atoms with E-state index in [-0.39, 0.29) is 6.67 Å². The summed E-state index contributed by atoms with van der Waals surface area (Å²) < 4.78 is 13.9. The van der Waals surface area contributed by atoms with Crippen LogP contribution >= 0.6 is 0 Å². The Hall–Kier alpha value is -1.88. The van der Waals surface area contributed by atoms with Crippen molar-refractivity contribution in [1.82, 2.24) is 14.7 Å². The third-order valence-corrected chi connectivity index (χ3v) is 4.33. The highest BCUT2D eigenvalue weighted by Crippen LogP contribution is 2.25. The fourth-order valence-corrected chi connectivity index (χ4v) is 2.74. The van der Waals surface area contributed by atoms with E-state index in [0.29, 0.717) is 13.1 Å². The van der Waals surface area contributed by atoms with Crippen molar-refractivity contribution in [3.05, 3.63) is 47.8 Å². The minimum atomic E-state index is -0.383. The number of hydrogen-bond acceptors (Lipinski definition) is 3. The average Bonchev–Trinajstić information content (AvgIpc) is 3.32. The first-order valence-electron chi connectivity index (χ1n) is 8.36. The van der Waals surface area contributed by atoms with Crippen LogP contribution in [0.3, 0.4) is 0 Å². The summed E-state index contributed by atoms with van der Waals surface area (Å²) >= 11 is 0. The quantitative estimate of drug-likeness (QED) is 0.772. The number of aromatic nitrogens is 2. The lowest BCUT2D eigenvalue weighted by Gasteiger charge is -2.15. The van der Waals surface area contributed by atoms with E-state index in [4.69, 9.17) is 0 Å². The molecule has 0 amide bonds. The summed E-state index contributed by atoms with van der Waals surface area (Å²) in [5.74, 6) is 0. The number of anilines is 1. The highest BCUT2D eigenvalue weighted by molar-refractivity contribution is 5.46. The maximum atomic E-state index is 12.3. The molecule has 0 unspecified atom stereocenters. The molecule has 4 nitrogen and oxygen atoms in total. The third kappa shape index (κ3) is 4.79. The molecule has 23 heavy (non-hydrogen) atoms. The van der Waals surface area contributed by atoms with Gasteiger partial charge >= 0.3 is 0 Å². The molecular formula is C18H25FN4. The predicted molar refractivity (Wildman–Crippen MR) is 91.3 cm³/mol. The van der Waals surface area contributed by atoms with Crippen LogP contribution in [-0.2, 0) is 19.5 Å². The second-order valence-electron chi connectivity index (χ2n) is 6.27. The summed E-state index contributed by atoms with van der Waals surface area (Å²) in [6, 6.07) is 11.3. The summed E-state index contributed by atoms with van der Waals surface area (Å²) in [7, 11) is 2.22. The average molecular weight is 316 g/mol. The Labute approximate surface area is 137 Å². The minimum absolute atomic E-state index is 0.323. The zero-order valence-corrected chi connectivity index (χ0v) is 13.7. The number of benzene rings is 1. The van der Waals surface area contributed by atoms with Crippen molar-refractivity contribution in [2.75, 3.05) is 25.6 Å². The topological polar surface area (TPSA) is 33.1 Å². The molecular weight excluding hydrogens is 291 g/mol. The van der Waals surface area contributed by atoms with Crippen molar-refractivity contribution < 1.29 is 4.39 Å². The van der Waals surface area contributed by atoms with Gasteiger partial charge in [-0.1, -0.05) is 12.1 Å². The summed E-state index contributed by atoms with van der Waals surface area (Å²) in [6.45, 7) is 1.71. The largest absolute Gasteiger partial charge is 0.379 e. The maximum absolute atomic E-state index is 12.3. The van der Waals surface area contributed by atoms with Crippen molar-refractivity contribution in [1.29, 1.82) is 0 Å². The van der Waals surface area contributed by atoms with Crippen LogP contribution in [0.4, 0.5) is 10.1 Å². The number of aryl methyl sites for hydroxylation is 1. The van der Waals surface area contributed by atoms with Crippen molar-refractivity contribution in [3.63, 3.8) is 0 Å². The molecule has 1 fully saturated rings. The SMILES string of the molecule is CN(CCc1cccc(NCc2ccn(CCF)n2)c1)C1CC1. The van der Waals surface area contributed by atoms with E-state index in [9.17, 15) is 4.39 Å². The van der Waals surface area contributed by atoms with Crippen molar-refractivity contribution >= 4 is 5.69 Å². The van der Waals surface area contributed by atoms with Crippen LogP contribution in [0.25, 0.3) is 0 Å². The zero-order valence-electron chi connectivity index (χ0n) is 13.7. The zero-order chi connectivity index (χ0) is 16.1. The fourth-order valence-electron chi connectivity index (χ4n) is 2.74. The molecule has 0 spiro atoms. The van der Waals surface area contributed by atoms with Gasteiger partial charge in [0.1, 0.15) is 6.67 Å². The van der Waals surface area contributed by atoms with E-state index in [0.717, 1.165) is 30.4 Å². The Balaban J connectivity index is 1.50. The Morgan fingerprint density at radius 3 is 3.00 bits per heavy atom. The van der Waals surface area contributed by atoms with Crippen LogP contribution in [-0.4, -0.2) is 41.0 Å². The van der Waals surface area contributed by atoms with E-state index >= 15 is 0 Å². The molecule has 0 saturated heterocycles. The third-order valence-electron chi connectivity index (χ3n) is 4.33. The second-order valence-corrected chi connectivity index (χ2v) is 6.27. The minimum Gasteiger partial charge on any atom is -0.379 e. The highest BCUT2D eigenvalue weighted by atomic mass is 19.1. The number of alkyl halides is 1. The molecule has 1 heterocycles. The van der Waals surface area contributed by atoms with Gasteiger partial charge in [-0.3, -0.25) is 4.68 Å². The van der Waals surface area contributed by atoms with Crippen LogP contribution in [0.5, 0.6) is 0 Å². The molecule has 1 aliphatic carbocycles. The van der Waals surface area contributed by atoms with Gasteiger partial charge in [0.05, 0.1) is 18.8 Å². The molecule has 0 bridgehead atoms. The lowest BCUT2D eigenvalue weighted by atomic mass is 10.1.